The number of hydrazone groups is 2. The number of carbonyl (C=O) groups is 4. The lowest BCUT2D eigenvalue weighted by Crippen LogP contribution is -2.46. The Hall–Kier alpha value is -7.21. The molecule has 5 heterocycles. The molecule has 0 N–H and O–H groups in total. The summed E-state index contributed by atoms with van der Waals surface area (Å²) in [5.41, 5.74) is -8.74. The SMILES string of the molecule is CC.CN1N=CC(c2nn(C)c(=O)n(-c3cccc(C(F)(F)F)n3)c2=O)C(=O)C1=O.Cc1ccc(-n2c(=O)c(C3C=NN(C)C(=O)C3=O)nn(C)c2=O)c(C(F)(F)F)c1. The Labute approximate surface area is 326 Å². The van der Waals surface area contributed by atoms with Gasteiger partial charge in [0, 0.05) is 40.6 Å². The molecule has 1 aromatic carbocycles. The number of nitrogens with zero attached hydrogens (tertiary/aromatic N) is 11. The minimum Gasteiger partial charge on any atom is -0.287 e. The van der Waals surface area contributed by atoms with Crippen molar-refractivity contribution in [2.24, 2.45) is 24.3 Å². The van der Waals surface area contributed by atoms with Gasteiger partial charge in [0.25, 0.3) is 11.1 Å². The summed E-state index contributed by atoms with van der Waals surface area (Å²) in [5, 5.41) is 16.2. The number of hydrogen-bond acceptors (Lipinski definition) is 13. The standard InChI is InChI=1S/C17H14F3N5O4.C15H11F3N6O4.C2H6/c1-8-4-5-11(10(6-8)17(18,19)20)25-14(27)12(22-24(3)16(25)29)9-7-21-23(2)15(28)13(9)26;1-22-13(27)11(25)7(6-19-22)10-12(26)24(14(28)23(2)21-10)9-5-3-4-8(20-9)15(16,17)18;1-2/h4-7,9H,1-3H3;3-7H,1-2H3;1-2H3. The fraction of sp³-hybridized carbons (Fsp3) is 0.324. The summed E-state index contributed by atoms with van der Waals surface area (Å²) >= 11 is 0. The summed E-state index contributed by atoms with van der Waals surface area (Å²) in [6.07, 6.45) is -7.69. The van der Waals surface area contributed by atoms with Crippen LogP contribution in [0.4, 0.5) is 26.3 Å². The number of aryl methyl sites for hydroxylation is 3. The fourth-order valence-corrected chi connectivity index (χ4v) is 5.32. The van der Waals surface area contributed by atoms with Crippen molar-refractivity contribution in [1.29, 1.82) is 0 Å². The molecule has 4 aromatic rings. The molecule has 0 spiro atoms. The molecule has 0 saturated carbocycles. The first kappa shape index (κ1) is 44.5. The zero-order valence-corrected chi connectivity index (χ0v) is 31.7. The van der Waals surface area contributed by atoms with Gasteiger partial charge in [-0.25, -0.2) is 43.1 Å². The lowest BCUT2D eigenvalue weighted by atomic mass is 10.00. The lowest BCUT2D eigenvalue weighted by Gasteiger charge is -2.20. The monoisotopic (exact) mass is 835 g/mol. The van der Waals surface area contributed by atoms with Crippen LogP contribution in [-0.4, -0.2) is 93.6 Å². The van der Waals surface area contributed by atoms with Gasteiger partial charge in [-0.3, -0.25) is 28.8 Å². The number of ketones is 2. The number of amides is 2. The van der Waals surface area contributed by atoms with Gasteiger partial charge >= 0.3 is 35.5 Å². The number of hydrogen-bond donors (Lipinski definition) is 0. The van der Waals surface area contributed by atoms with E-state index >= 15 is 0 Å². The second kappa shape index (κ2) is 16.7. The maximum absolute atomic E-state index is 13.5. The molecule has 2 aliphatic heterocycles. The van der Waals surface area contributed by atoms with Crippen LogP contribution in [0.15, 0.2) is 65.8 Å². The van der Waals surface area contributed by atoms with Crippen LogP contribution >= 0.6 is 0 Å². The van der Waals surface area contributed by atoms with Gasteiger partial charge in [0.15, 0.2) is 0 Å². The third-order valence-corrected chi connectivity index (χ3v) is 8.19. The maximum Gasteiger partial charge on any atom is 0.433 e. The van der Waals surface area contributed by atoms with E-state index in [4.69, 9.17) is 0 Å². The van der Waals surface area contributed by atoms with Crippen molar-refractivity contribution in [3.63, 3.8) is 0 Å². The van der Waals surface area contributed by atoms with E-state index in [0.29, 0.717) is 20.0 Å². The fourth-order valence-electron chi connectivity index (χ4n) is 5.32. The van der Waals surface area contributed by atoms with E-state index in [-0.39, 0.29) is 10.1 Å². The maximum atomic E-state index is 13.5. The molecule has 312 valence electrons. The summed E-state index contributed by atoms with van der Waals surface area (Å²) in [5.74, 6) is -7.71. The zero-order valence-electron chi connectivity index (χ0n) is 31.7. The molecule has 25 heteroatoms. The molecule has 2 aliphatic rings. The number of aromatic nitrogens is 7. The Bertz CT molecular complexity index is 2680. The molecule has 3 aromatic heterocycles. The van der Waals surface area contributed by atoms with Crippen LogP contribution in [0, 0.1) is 6.92 Å². The molecule has 2 atom stereocenters. The summed E-state index contributed by atoms with van der Waals surface area (Å²) in [6, 6.07) is 5.77. The van der Waals surface area contributed by atoms with E-state index in [2.05, 4.69) is 25.4 Å². The van der Waals surface area contributed by atoms with Crippen LogP contribution in [0.25, 0.3) is 11.5 Å². The number of rotatable bonds is 4. The van der Waals surface area contributed by atoms with Crippen molar-refractivity contribution in [3.8, 4) is 11.5 Å². The van der Waals surface area contributed by atoms with Crippen LogP contribution in [-0.2, 0) is 45.6 Å². The molecule has 2 amide bonds. The largest absolute Gasteiger partial charge is 0.433 e. The number of halogens is 6. The van der Waals surface area contributed by atoms with E-state index in [1.54, 1.807) is 0 Å². The second-order valence-electron chi connectivity index (χ2n) is 12.1. The summed E-state index contributed by atoms with van der Waals surface area (Å²) in [4.78, 5) is 102. The Balaban J connectivity index is 0.000000250. The quantitative estimate of drug-likeness (QED) is 0.207. The van der Waals surface area contributed by atoms with E-state index in [0.717, 1.165) is 60.8 Å². The first-order valence-corrected chi connectivity index (χ1v) is 16.8. The van der Waals surface area contributed by atoms with Crippen molar-refractivity contribution in [2.45, 2.75) is 45.0 Å². The molecule has 19 nitrogen and oxygen atoms in total. The van der Waals surface area contributed by atoms with E-state index in [1.807, 2.05) is 13.8 Å². The van der Waals surface area contributed by atoms with Gasteiger partial charge in [-0.1, -0.05) is 31.5 Å². The topological polar surface area (TPSA) is 226 Å². The summed E-state index contributed by atoms with van der Waals surface area (Å²) < 4.78 is 81.2. The van der Waals surface area contributed by atoms with Gasteiger partial charge in [-0.05, 0) is 31.2 Å². The van der Waals surface area contributed by atoms with E-state index in [1.165, 1.54) is 27.1 Å². The van der Waals surface area contributed by atoms with Gasteiger partial charge in [0.1, 0.15) is 34.7 Å². The molecule has 0 fully saturated rings. The summed E-state index contributed by atoms with van der Waals surface area (Å²) in [7, 11) is 4.70. The van der Waals surface area contributed by atoms with Crippen molar-refractivity contribution >= 4 is 35.8 Å². The first-order chi connectivity index (χ1) is 27.4. The van der Waals surface area contributed by atoms with Gasteiger partial charge in [0.05, 0.1) is 11.3 Å². The minimum absolute atomic E-state index is 0.267. The minimum atomic E-state index is -4.85. The van der Waals surface area contributed by atoms with Gasteiger partial charge in [-0.2, -0.15) is 46.7 Å². The van der Waals surface area contributed by atoms with Crippen molar-refractivity contribution < 1.29 is 45.5 Å². The Morgan fingerprint density at radius 3 is 1.53 bits per heavy atom. The molecule has 0 aliphatic carbocycles. The Kier molecular flexibility index (Phi) is 12.6. The highest BCUT2D eigenvalue weighted by molar-refractivity contribution is 6.42. The number of likely N-dealkylation sites (N-methyl/N-ethyl adjacent to an activating group) is 2. The van der Waals surface area contributed by atoms with Crippen LogP contribution in [0.3, 0.4) is 0 Å². The Morgan fingerprint density at radius 2 is 1.07 bits per heavy atom. The third kappa shape index (κ3) is 8.71. The van der Waals surface area contributed by atoms with Crippen molar-refractivity contribution in [2.75, 3.05) is 14.1 Å². The smallest absolute Gasteiger partial charge is 0.287 e. The highest BCUT2D eigenvalue weighted by Crippen LogP contribution is 2.34. The van der Waals surface area contributed by atoms with Gasteiger partial charge in [-0.15, -0.1) is 0 Å². The first-order valence-electron chi connectivity index (χ1n) is 16.8. The second-order valence-corrected chi connectivity index (χ2v) is 12.1. The highest BCUT2D eigenvalue weighted by atomic mass is 19.4. The van der Waals surface area contributed by atoms with Gasteiger partial charge < -0.3 is 0 Å². The van der Waals surface area contributed by atoms with E-state index < -0.39 is 104 Å². The zero-order chi connectivity index (χ0) is 44.5. The van der Waals surface area contributed by atoms with Crippen LogP contribution in [0.1, 0.15) is 53.9 Å². The average molecular weight is 836 g/mol. The highest BCUT2D eigenvalue weighted by Gasteiger charge is 2.39. The lowest BCUT2D eigenvalue weighted by molar-refractivity contribution is -0.144. The number of pyridine rings is 1. The molecule has 0 saturated heterocycles. The molecule has 0 bridgehead atoms. The number of carbonyl (C=O) groups excluding carboxylic acids is 4. The van der Waals surface area contributed by atoms with Crippen molar-refractivity contribution in [1.82, 2.24) is 43.7 Å². The van der Waals surface area contributed by atoms with Crippen LogP contribution in [0.2, 0.25) is 0 Å². The average Bonchev–Trinajstić information content (AvgIpc) is 3.17. The number of Topliss-reactive ketones (excluding diaryl/α,β-unsaturated/α-hetero) is 2. The van der Waals surface area contributed by atoms with Gasteiger partial charge in [0.2, 0.25) is 11.6 Å². The molecular formula is C34H31F6N11O8. The number of alkyl halides is 6. The molecule has 0 radical (unpaired) electrons. The van der Waals surface area contributed by atoms with Crippen LogP contribution in [0.5, 0.6) is 0 Å². The molecule has 6 rings (SSSR count). The predicted molar refractivity (Wildman–Crippen MR) is 192 cm³/mol. The molecule has 2 unspecified atom stereocenters. The summed E-state index contributed by atoms with van der Waals surface area (Å²) in [6.45, 7) is 5.43. The number of benzene rings is 1. The van der Waals surface area contributed by atoms with Crippen molar-refractivity contribution in [3.05, 3.63) is 106 Å². The van der Waals surface area contributed by atoms with E-state index in [9.17, 15) is 64.7 Å². The molecule has 59 heavy (non-hydrogen) atoms. The third-order valence-electron chi connectivity index (χ3n) is 8.19. The predicted octanol–water partition coefficient (Wildman–Crippen LogP) is 0.851. The van der Waals surface area contributed by atoms with Crippen LogP contribution < -0.4 is 22.5 Å². The molecular weight excluding hydrogens is 804 g/mol. The Morgan fingerprint density at radius 1 is 0.610 bits per heavy atom. The normalized spacial score (nSPS) is 16.8.